The molecule has 0 aliphatic heterocycles. The first-order chi connectivity index (χ1) is 9.58. The number of halogens is 1. The zero-order chi connectivity index (χ0) is 14.4. The lowest BCUT2D eigenvalue weighted by atomic mass is 10.2. The molecule has 102 valence electrons. The van der Waals surface area contributed by atoms with Crippen molar-refractivity contribution in [3.63, 3.8) is 0 Å². The Kier molecular flexibility index (Phi) is 4.45. The van der Waals surface area contributed by atoms with Crippen LogP contribution in [0.25, 0.3) is 0 Å². The minimum atomic E-state index is -3.60. The lowest BCUT2D eigenvalue weighted by Gasteiger charge is -2.02. The summed E-state index contributed by atoms with van der Waals surface area (Å²) < 4.78 is 38.7. The minimum absolute atomic E-state index is 0.0331. The highest BCUT2D eigenvalue weighted by Crippen LogP contribution is 2.04. The number of benzene rings is 1. The molecule has 0 fully saturated rings. The molecule has 0 aliphatic rings. The van der Waals surface area contributed by atoms with Crippen molar-refractivity contribution in [1.82, 2.24) is 9.71 Å². The fourth-order valence-corrected chi connectivity index (χ4v) is 2.29. The van der Waals surface area contributed by atoms with Gasteiger partial charge in [-0.1, -0.05) is 11.8 Å². The molecule has 0 saturated heterocycles. The van der Waals surface area contributed by atoms with E-state index in [1.54, 1.807) is 6.07 Å². The number of hydrogen-bond donors (Lipinski definition) is 1. The lowest BCUT2D eigenvalue weighted by molar-refractivity contribution is 0.585. The Morgan fingerprint density at radius 1 is 1.20 bits per heavy atom. The second kappa shape index (κ2) is 6.28. The van der Waals surface area contributed by atoms with Crippen LogP contribution in [0, 0.1) is 17.7 Å². The second-order valence-electron chi connectivity index (χ2n) is 3.82. The first-order valence-electron chi connectivity index (χ1n) is 5.72. The summed E-state index contributed by atoms with van der Waals surface area (Å²) in [4.78, 5) is 3.83. The number of aromatic nitrogens is 1. The fraction of sp³-hybridized carbons (Fsp3) is 0.0714. The summed E-state index contributed by atoms with van der Waals surface area (Å²) in [5.41, 5.74) is 0.618. The molecular weight excluding hydrogens is 279 g/mol. The second-order valence-corrected chi connectivity index (χ2v) is 5.59. The number of rotatable bonds is 3. The Morgan fingerprint density at radius 2 is 1.95 bits per heavy atom. The van der Waals surface area contributed by atoms with Crippen molar-refractivity contribution in [2.24, 2.45) is 0 Å². The summed E-state index contributed by atoms with van der Waals surface area (Å²) in [6.07, 6.45) is 2.75. The van der Waals surface area contributed by atoms with E-state index in [9.17, 15) is 12.8 Å². The maximum absolute atomic E-state index is 12.7. The Balaban J connectivity index is 1.98. The molecule has 4 nitrogen and oxygen atoms in total. The Bertz CT molecular complexity index is 732. The van der Waals surface area contributed by atoms with E-state index in [0.717, 1.165) is 0 Å². The molecule has 6 heteroatoms. The summed E-state index contributed by atoms with van der Waals surface area (Å²) in [6.45, 7) is -0.0331. The van der Waals surface area contributed by atoms with Crippen LogP contribution in [0.3, 0.4) is 0 Å². The van der Waals surface area contributed by atoms with Crippen LogP contribution in [-0.2, 0) is 10.0 Å². The molecule has 1 heterocycles. The first-order valence-corrected chi connectivity index (χ1v) is 7.20. The molecule has 0 radical (unpaired) electrons. The van der Waals surface area contributed by atoms with Crippen molar-refractivity contribution < 1.29 is 12.8 Å². The van der Waals surface area contributed by atoms with E-state index in [1.807, 2.05) is 0 Å². The Labute approximate surface area is 116 Å². The van der Waals surface area contributed by atoms with E-state index >= 15 is 0 Å². The van der Waals surface area contributed by atoms with Gasteiger partial charge in [-0.25, -0.2) is 12.8 Å². The predicted molar refractivity (Wildman–Crippen MR) is 72.7 cm³/mol. The van der Waals surface area contributed by atoms with E-state index in [4.69, 9.17) is 0 Å². The average molecular weight is 290 g/mol. The van der Waals surface area contributed by atoms with Crippen LogP contribution in [0.2, 0.25) is 0 Å². The van der Waals surface area contributed by atoms with Gasteiger partial charge in [-0.15, -0.1) is 0 Å². The molecule has 0 saturated carbocycles. The summed E-state index contributed by atoms with van der Waals surface area (Å²) in [7, 11) is -3.60. The zero-order valence-corrected chi connectivity index (χ0v) is 11.2. The molecule has 0 aliphatic carbocycles. The third-order valence-electron chi connectivity index (χ3n) is 2.37. The van der Waals surface area contributed by atoms with Crippen LogP contribution in [0.4, 0.5) is 4.39 Å². The molecule has 1 N–H and O–H groups in total. The number of hydrogen-bond acceptors (Lipinski definition) is 3. The zero-order valence-electron chi connectivity index (χ0n) is 10.4. The number of sulfonamides is 1. The molecular formula is C14H11FN2O2S. The van der Waals surface area contributed by atoms with Gasteiger partial charge in [0.1, 0.15) is 10.7 Å². The van der Waals surface area contributed by atoms with E-state index < -0.39 is 10.0 Å². The Morgan fingerprint density at radius 3 is 2.60 bits per heavy atom. The van der Waals surface area contributed by atoms with Crippen LogP contribution in [0.15, 0.2) is 53.7 Å². The van der Waals surface area contributed by atoms with E-state index in [2.05, 4.69) is 21.5 Å². The number of nitrogens with zero attached hydrogens (tertiary/aromatic N) is 1. The summed E-state index contributed by atoms with van der Waals surface area (Å²) in [5, 5.41) is 0. The summed E-state index contributed by atoms with van der Waals surface area (Å²) in [5.74, 6) is 5.06. The largest absolute Gasteiger partial charge is 0.263 e. The predicted octanol–water partition coefficient (Wildman–Crippen LogP) is 1.55. The molecule has 0 atom stereocenters. The van der Waals surface area contributed by atoms with Gasteiger partial charge in [-0.05, 0) is 36.4 Å². The fourth-order valence-electron chi connectivity index (χ4n) is 1.40. The van der Waals surface area contributed by atoms with Crippen LogP contribution in [0.1, 0.15) is 5.56 Å². The molecule has 0 spiro atoms. The van der Waals surface area contributed by atoms with Gasteiger partial charge in [0.25, 0.3) is 0 Å². The van der Waals surface area contributed by atoms with E-state index in [0.29, 0.717) is 5.56 Å². The third-order valence-corrected chi connectivity index (χ3v) is 3.76. The first kappa shape index (κ1) is 14.2. The van der Waals surface area contributed by atoms with E-state index in [1.165, 1.54) is 42.7 Å². The van der Waals surface area contributed by atoms with Crippen LogP contribution >= 0.6 is 0 Å². The molecule has 20 heavy (non-hydrogen) atoms. The molecule has 2 rings (SSSR count). The average Bonchev–Trinajstić information content (AvgIpc) is 2.46. The van der Waals surface area contributed by atoms with Crippen molar-refractivity contribution in [1.29, 1.82) is 0 Å². The van der Waals surface area contributed by atoms with Gasteiger partial charge >= 0.3 is 0 Å². The van der Waals surface area contributed by atoms with Crippen molar-refractivity contribution in [3.05, 3.63) is 60.2 Å². The molecule has 0 unspecified atom stereocenters. The van der Waals surface area contributed by atoms with Crippen molar-refractivity contribution >= 4 is 10.0 Å². The van der Waals surface area contributed by atoms with Crippen molar-refractivity contribution in [2.45, 2.75) is 4.90 Å². The maximum atomic E-state index is 12.7. The lowest BCUT2D eigenvalue weighted by Crippen LogP contribution is -2.24. The summed E-state index contributed by atoms with van der Waals surface area (Å²) >= 11 is 0. The van der Waals surface area contributed by atoms with Gasteiger partial charge < -0.3 is 0 Å². The topological polar surface area (TPSA) is 59.1 Å². The highest BCUT2D eigenvalue weighted by molar-refractivity contribution is 7.89. The van der Waals surface area contributed by atoms with Crippen molar-refractivity contribution in [3.8, 4) is 11.8 Å². The molecule has 1 aromatic carbocycles. The monoisotopic (exact) mass is 290 g/mol. The van der Waals surface area contributed by atoms with Crippen molar-refractivity contribution in [2.75, 3.05) is 6.54 Å². The van der Waals surface area contributed by atoms with Crippen LogP contribution < -0.4 is 4.72 Å². The minimum Gasteiger partial charge on any atom is -0.263 e. The van der Waals surface area contributed by atoms with Crippen LogP contribution in [-0.4, -0.2) is 19.9 Å². The number of nitrogens with one attached hydrogen (secondary N) is 1. The quantitative estimate of drug-likeness (QED) is 0.873. The highest BCUT2D eigenvalue weighted by Gasteiger charge is 2.11. The third kappa shape index (κ3) is 3.88. The molecule has 0 bridgehead atoms. The van der Waals surface area contributed by atoms with Gasteiger partial charge in [0, 0.05) is 18.0 Å². The van der Waals surface area contributed by atoms with Gasteiger partial charge in [-0.2, -0.15) is 4.72 Å². The smallest absolute Gasteiger partial charge is 0.242 e. The molecule has 0 amide bonds. The van der Waals surface area contributed by atoms with E-state index in [-0.39, 0.29) is 17.3 Å². The van der Waals surface area contributed by atoms with Gasteiger partial charge in [-0.3, -0.25) is 4.98 Å². The SMILES string of the molecule is O=S(=O)(NCC#Cc1ccc(F)cc1)c1cccnc1. The standard InChI is InChI=1S/C14H11FN2O2S/c15-13-7-5-12(6-8-13)3-1-10-17-20(18,19)14-4-2-9-16-11-14/h2,4-9,11,17H,10H2. The number of pyridine rings is 1. The van der Waals surface area contributed by atoms with Crippen LogP contribution in [0.5, 0.6) is 0 Å². The van der Waals surface area contributed by atoms with Gasteiger partial charge in [0.2, 0.25) is 10.0 Å². The maximum Gasteiger partial charge on any atom is 0.242 e. The van der Waals surface area contributed by atoms with Gasteiger partial charge in [0.05, 0.1) is 6.54 Å². The molecule has 2 aromatic rings. The summed E-state index contributed by atoms with van der Waals surface area (Å²) in [6, 6.07) is 8.63. The molecule has 1 aromatic heterocycles. The Hall–Kier alpha value is -2.23. The van der Waals surface area contributed by atoms with Gasteiger partial charge in [0.15, 0.2) is 0 Å². The highest BCUT2D eigenvalue weighted by atomic mass is 32.2. The normalized spacial score (nSPS) is 10.7.